The average Bonchev–Trinajstić information content (AvgIpc) is 2.17. The molecule has 0 aliphatic carbocycles. The summed E-state index contributed by atoms with van der Waals surface area (Å²) in [4.78, 5) is 3.45. The van der Waals surface area contributed by atoms with Crippen LogP contribution in [0.5, 0.6) is 0 Å². The number of anilines is 1. The van der Waals surface area contributed by atoms with E-state index >= 15 is 0 Å². The molecule has 1 aromatic rings. The predicted molar refractivity (Wildman–Crippen MR) is 56.1 cm³/mol. The lowest BCUT2D eigenvalue weighted by molar-refractivity contribution is -0.138. The van der Waals surface area contributed by atoms with Gasteiger partial charge >= 0.3 is 12.4 Å². The topological polar surface area (TPSA) is 24.9 Å². The third kappa shape index (κ3) is 3.76. The summed E-state index contributed by atoms with van der Waals surface area (Å²) in [6.45, 7) is 0.789. The second kappa shape index (κ2) is 4.94. The first kappa shape index (κ1) is 15.1. The maximum absolute atomic E-state index is 12.5. The molecular weight excluding hydrogens is 330 g/mol. The van der Waals surface area contributed by atoms with Gasteiger partial charge in [0, 0.05) is 10.7 Å². The highest BCUT2D eigenvalue weighted by Crippen LogP contribution is 2.36. The van der Waals surface area contributed by atoms with Crippen LogP contribution in [0, 0.1) is 0 Å². The van der Waals surface area contributed by atoms with E-state index in [0.717, 1.165) is 13.1 Å². The van der Waals surface area contributed by atoms with E-state index in [1.807, 2.05) is 5.32 Å². The molecule has 1 heterocycles. The molecule has 1 N–H and O–H groups in total. The lowest BCUT2D eigenvalue weighted by Crippen LogP contribution is -2.33. The van der Waals surface area contributed by atoms with Crippen molar-refractivity contribution in [2.75, 3.05) is 5.32 Å². The minimum Gasteiger partial charge on any atom is -0.359 e. The van der Waals surface area contributed by atoms with Gasteiger partial charge in [-0.3, -0.25) is 0 Å². The third-order valence-electron chi connectivity index (χ3n) is 2.02. The molecule has 1 aromatic heterocycles. The van der Waals surface area contributed by atoms with Crippen LogP contribution in [-0.2, 0) is 6.18 Å². The van der Waals surface area contributed by atoms with Crippen molar-refractivity contribution in [2.24, 2.45) is 0 Å². The zero-order valence-corrected chi connectivity index (χ0v) is 10.4. The van der Waals surface area contributed by atoms with Gasteiger partial charge in [-0.2, -0.15) is 26.3 Å². The van der Waals surface area contributed by atoms with Gasteiger partial charge in [0.25, 0.3) is 0 Å². The second-order valence-electron chi connectivity index (χ2n) is 3.45. The van der Waals surface area contributed by atoms with E-state index in [4.69, 9.17) is 0 Å². The number of aromatic nitrogens is 1. The molecule has 0 aromatic carbocycles. The van der Waals surface area contributed by atoms with Crippen molar-refractivity contribution in [3.05, 3.63) is 22.3 Å². The molecule has 1 atom stereocenters. The minimum absolute atomic E-state index is 0.333. The Bertz CT molecular complexity index is 428. The molecule has 9 heteroatoms. The van der Waals surface area contributed by atoms with E-state index in [2.05, 4.69) is 20.9 Å². The molecule has 18 heavy (non-hydrogen) atoms. The van der Waals surface area contributed by atoms with Crippen molar-refractivity contribution in [3.63, 3.8) is 0 Å². The van der Waals surface area contributed by atoms with Gasteiger partial charge in [0.15, 0.2) is 0 Å². The van der Waals surface area contributed by atoms with E-state index in [1.165, 1.54) is 0 Å². The maximum Gasteiger partial charge on any atom is 0.417 e. The van der Waals surface area contributed by atoms with Crippen molar-refractivity contribution in [3.8, 4) is 0 Å². The Morgan fingerprint density at radius 3 is 2.22 bits per heavy atom. The van der Waals surface area contributed by atoms with Gasteiger partial charge in [-0.1, -0.05) is 0 Å². The molecule has 0 radical (unpaired) electrons. The molecule has 2 nitrogen and oxygen atoms in total. The van der Waals surface area contributed by atoms with Gasteiger partial charge in [0.1, 0.15) is 11.9 Å². The van der Waals surface area contributed by atoms with Crippen LogP contribution in [0.3, 0.4) is 0 Å². The van der Waals surface area contributed by atoms with Gasteiger partial charge < -0.3 is 5.32 Å². The van der Waals surface area contributed by atoms with Crippen LogP contribution in [0.15, 0.2) is 16.7 Å². The van der Waals surface area contributed by atoms with E-state index in [0.29, 0.717) is 6.07 Å². The summed E-state index contributed by atoms with van der Waals surface area (Å²) in [5, 5.41) is 1.86. The molecule has 0 aliphatic heterocycles. The maximum atomic E-state index is 12.5. The first-order valence-corrected chi connectivity index (χ1v) is 5.37. The van der Waals surface area contributed by atoms with Crippen LogP contribution in [-0.4, -0.2) is 17.2 Å². The van der Waals surface area contributed by atoms with Crippen LogP contribution < -0.4 is 5.32 Å². The van der Waals surface area contributed by atoms with Crippen molar-refractivity contribution >= 4 is 21.7 Å². The number of hydrogen-bond acceptors (Lipinski definition) is 2. The Morgan fingerprint density at radius 2 is 1.78 bits per heavy atom. The van der Waals surface area contributed by atoms with Crippen LogP contribution >= 0.6 is 15.9 Å². The van der Waals surface area contributed by atoms with Gasteiger partial charge in [-0.15, -0.1) is 0 Å². The molecule has 0 saturated heterocycles. The summed E-state index contributed by atoms with van der Waals surface area (Å²) in [5.74, 6) is -0.490. The summed E-state index contributed by atoms with van der Waals surface area (Å²) in [7, 11) is 0. The van der Waals surface area contributed by atoms with Crippen LogP contribution in [0.1, 0.15) is 12.5 Å². The van der Waals surface area contributed by atoms with Gasteiger partial charge in [-0.05, 0) is 28.9 Å². The molecule has 0 aliphatic rings. The zero-order chi connectivity index (χ0) is 14.1. The van der Waals surface area contributed by atoms with E-state index in [-0.39, 0.29) is 4.47 Å². The lowest BCUT2D eigenvalue weighted by Gasteiger charge is -2.18. The third-order valence-corrected chi connectivity index (χ3v) is 2.65. The Labute approximate surface area is 107 Å². The minimum atomic E-state index is -4.67. The first-order valence-electron chi connectivity index (χ1n) is 4.58. The van der Waals surface area contributed by atoms with Crippen molar-refractivity contribution in [1.82, 2.24) is 4.98 Å². The van der Waals surface area contributed by atoms with Crippen LogP contribution in [0.25, 0.3) is 0 Å². The molecule has 0 fully saturated rings. The Morgan fingerprint density at radius 1 is 1.22 bits per heavy atom. The molecule has 0 saturated carbocycles. The standard InChI is InChI=1S/C9H7BrF6N2/c1-4(8(11,12)13)18-7-2-5(9(14,15)16)6(10)3-17-7/h2-4H,1H3,(H,17,18). The van der Waals surface area contributed by atoms with E-state index < -0.39 is 29.8 Å². The van der Waals surface area contributed by atoms with Gasteiger partial charge in [0.05, 0.1) is 5.56 Å². The fourth-order valence-corrected chi connectivity index (χ4v) is 1.48. The Hall–Kier alpha value is -0.990. The summed E-state index contributed by atoms with van der Waals surface area (Å²) >= 11 is 2.64. The number of nitrogens with one attached hydrogen (secondary N) is 1. The lowest BCUT2D eigenvalue weighted by atomic mass is 10.2. The highest BCUT2D eigenvalue weighted by Gasteiger charge is 2.37. The normalized spacial score (nSPS) is 14.4. The number of rotatable bonds is 2. The number of hydrogen-bond donors (Lipinski definition) is 1. The summed E-state index contributed by atoms with van der Waals surface area (Å²) in [5.41, 5.74) is -1.09. The SMILES string of the molecule is CC(Nc1cc(C(F)(F)F)c(Br)cn1)C(F)(F)F. The molecule has 0 bridgehead atoms. The van der Waals surface area contributed by atoms with E-state index in [1.54, 1.807) is 0 Å². The largest absolute Gasteiger partial charge is 0.417 e. The molecule has 0 amide bonds. The smallest absolute Gasteiger partial charge is 0.359 e. The van der Waals surface area contributed by atoms with Crippen molar-refractivity contribution < 1.29 is 26.3 Å². The summed E-state index contributed by atoms with van der Waals surface area (Å²) in [6, 6.07) is -1.47. The van der Waals surface area contributed by atoms with Crippen LogP contribution in [0.4, 0.5) is 32.2 Å². The fourth-order valence-electron chi connectivity index (χ4n) is 1.04. The number of alkyl halides is 6. The van der Waals surface area contributed by atoms with Crippen LogP contribution in [0.2, 0.25) is 0 Å². The zero-order valence-electron chi connectivity index (χ0n) is 8.83. The Kier molecular flexibility index (Phi) is 4.14. The predicted octanol–water partition coefficient (Wildman–Crippen LogP) is 4.23. The first-order chi connectivity index (χ1) is 8.01. The average molecular weight is 337 g/mol. The van der Waals surface area contributed by atoms with Gasteiger partial charge in [0.2, 0.25) is 0 Å². The van der Waals surface area contributed by atoms with E-state index in [9.17, 15) is 26.3 Å². The highest BCUT2D eigenvalue weighted by atomic mass is 79.9. The van der Waals surface area contributed by atoms with Crippen molar-refractivity contribution in [2.45, 2.75) is 25.3 Å². The van der Waals surface area contributed by atoms with Gasteiger partial charge in [-0.25, -0.2) is 4.98 Å². The molecule has 0 spiro atoms. The summed E-state index contributed by atoms with van der Waals surface area (Å²) in [6.07, 6.45) is -8.43. The highest BCUT2D eigenvalue weighted by molar-refractivity contribution is 9.10. The quantitative estimate of drug-likeness (QED) is 0.817. The molecular formula is C9H7BrF6N2. The Balaban J connectivity index is 3.00. The number of nitrogens with zero attached hydrogens (tertiary/aromatic N) is 1. The summed E-state index contributed by atoms with van der Waals surface area (Å²) < 4.78 is 73.8. The fraction of sp³-hybridized carbons (Fsp3) is 0.444. The molecule has 1 rings (SSSR count). The second-order valence-corrected chi connectivity index (χ2v) is 4.31. The molecule has 1 unspecified atom stereocenters. The number of halogens is 7. The number of pyridine rings is 1. The van der Waals surface area contributed by atoms with Crippen molar-refractivity contribution in [1.29, 1.82) is 0 Å². The monoisotopic (exact) mass is 336 g/mol. The molecule has 102 valence electrons.